The number of fused-ring (bicyclic) bond motifs is 1. The lowest BCUT2D eigenvalue weighted by molar-refractivity contribution is 0.0953. The zero-order valence-corrected chi connectivity index (χ0v) is 15.5. The van der Waals surface area contributed by atoms with Crippen molar-refractivity contribution in [2.75, 3.05) is 6.54 Å². The fourth-order valence-electron chi connectivity index (χ4n) is 2.98. The predicted molar refractivity (Wildman–Crippen MR) is 107 cm³/mol. The molecule has 0 spiro atoms. The first kappa shape index (κ1) is 18.9. The quantitative estimate of drug-likeness (QED) is 0.655. The molecule has 27 heavy (non-hydrogen) atoms. The van der Waals surface area contributed by atoms with Crippen molar-refractivity contribution < 1.29 is 9.53 Å². The van der Waals surface area contributed by atoms with Gasteiger partial charge < -0.3 is 21.5 Å². The summed E-state index contributed by atoms with van der Waals surface area (Å²) in [5, 5.41) is 2.93. The molecule has 1 aliphatic heterocycles. The number of nitrogens with two attached hydrogens (primary N) is 2. The van der Waals surface area contributed by atoms with E-state index in [1.54, 1.807) is 12.1 Å². The van der Waals surface area contributed by atoms with Crippen LogP contribution in [0.15, 0.2) is 53.5 Å². The molecule has 2 unspecified atom stereocenters. The van der Waals surface area contributed by atoms with E-state index in [1.807, 2.05) is 43.3 Å². The number of nitrogens with zero attached hydrogens (tertiary/aromatic N) is 1. The molecule has 1 amide bonds. The molecule has 2 aromatic rings. The van der Waals surface area contributed by atoms with Gasteiger partial charge in [0.1, 0.15) is 17.3 Å². The standard InChI is InChI=1S/C21H26N4O2/c1-14-20(23)25-18-13-16(10-11-19(18)27-14)17(22)9-5-6-12-24-21(26)15-7-3-2-4-8-15/h2-4,7-8,10-11,13-14,17H,5-6,9,12,22H2,1H3,(H2,23,25)(H,24,26). The van der Waals surface area contributed by atoms with Crippen molar-refractivity contribution in [2.45, 2.75) is 38.3 Å². The SMILES string of the molecule is CC1Oc2ccc(C(N)CCCCNC(=O)c3ccccc3)cc2N=C1N. The number of unbranched alkanes of at least 4 members (excludes halogenated alkanes) is 1. The maximum absolute atomic E-state index is 12.0. The number of carbonyl (C=O) groups is 1. The van der Waals surface area contributed by atoms with Crippen LogP contribution in [0, 0.1) is 0 Å². The molecule has 2 aromatic carbocycles. The number of amidine groups is 1. The highest BCUT2D eigenvalue weighted by Crippen LogP contribution is 2.34. The Morgan fingerprint density at radius 1 is 1.22 bits per heavy atom. The molecular weight excluding hydrogens is 340 g/mol. The van der Waals surface area contributed by atoms with Crippen LogP contribution in [0.3, 0.4) is 0 Å². The van der Waals surface area contributed by atoms with E-state index in [4.69, 9.17) is 16.2 Å². The number of hydrogen-bond acceptors (Lipinski definition) is 5. The summed E-state index contributed by atoms with van der Waals surface area (Å²) in [4.78, 5) is 16.4. The Kier molecular flexibility index (Phi) is 6.08. The minimum Gasteiger partial charge on any atom is -0.481 e. The maximum Gasteiger partial charge on any atom is 0.251 e. The van der Waals surface area contributed by atoms with Gasteiger partial charge >= 0.3 is 0 Å². The van der Waals surface area contributed by atoms with E-state index in [0.717, 1.165) is 36.3 Å². The van der Waals surface area contributed by atoms with Crippen LogP contribution in [-0.4, -0.2) is 24.4 Å². The Morgan fingerprint density at radius 3 is 2.78 bits per heavy atom. The van der Waals surface area contributed by atoms with Gasteiger partial charge in [-0.15, -0.1) is 0 Å². The molecule has 0 radical (unpaired) electrons. The fourth-order valence-corrected chi connectivity index (χ4v) is 2.98. The lowest BCUT2D eigenvalue weighted by Crippen LogP contribution is -2.33. The van der Waals surface area contributed by atoms with Crippen molar-refractivity contribution in [3.8, 4) is 5.75 Å². The van der Waals surface area contributed by atoms with Crippen molar-refractivity contribution in [1.29, 1.82) is 0 Å². The van der Waals surface area contributed by atoms with E-state index in [2.05, 4.69) is 10.3 Å². The third-order valence-electron chi connectivity index (χ3n) is 4.64. The fraction of sp³-hybridized carbons (Fsp3) is 0.333. The minimum atomic E-state index is -0.205. The van der Waals surface area contributed by atoms with Gasteiger partial charge in [-0.25, -0.2) is 4.99 Å². The molecule has 6 heteroatoms. The van der Waals surface area contributed by atoms with Crippen molar-refractivity contribution in [1.82, 2.24) is 5.32 Å². The van der Waals surface area contributed by atoms with Gasteiger partial charge in [0.25, 0.3) is 5.91 Å². The number of aliphatic imine (C=N–C) groups is 1. The molecule has 0 fully saturated rings. The molecule has 0 bridgehead atoms. The Bertz CT molecular complexity index is 820. The maximum atomic E-state index is 12.0. The van der Waals surface area contributed by atoms with Crippen LogP contribution in [0.2, 0.25) is 0 Å². The molecule has 6 nitrogen and oxygen atoms in total. The van der Waals surface area contributed by atoms with Crippen LogP contribution in [0.4, 0.5) is 5.69 Å². The molecule has 3 rings (SSSR count). The van der Waals surface area contributed by atoms with E-state index in [1.165, 1.54) is 0 Å². The van der Waals surface area contributed by atoms with Gasteiger partial charge in [0.15, 0.2) is 6.10 Å². The van der Waals surface area contributed by atoms with Gasteiger partial charge in [-0.2, -0.15) is 0 Å². The normalized spacial score (nSPS) is 16.7. The largest absolute Gasteiger partial charge is 0.481 e. The summed E-state index contributed by atoms with van der Waals surface area (Å²) in [6, 6.07) is 15.0. The Balaban J connectivity index is 1.44. The molecule has 0 aromatic heterocycles. The van der Waals surface area contributed by atoms with Crippen LogP contribution in [-0.2, 0) is 0 Å². The highest BCUT2D eigenvalue weighted by molar-refractivity contribution is 5.94. The summed E-state index contributed by atoms with van der Waals surface area (Å²) in [6.45, 7) is 2.51. The van der Waals surface area contributed by atoms with Crippen LogP contribution in [0.5, 0.6) is 5.75 Å². The van der Waals surface area contributed by atoms with Crippen molar-refractivity contribution in [3.63, 3.8) is 0 Å². The van der Waals surface area contributed by atoms with Gasteiger partial charge in [0, 0.05) is 18.2 Å². The van der Waals surface area contributed by atoms with E-state index in [0.29, 0.717) is 17.9 Å². The van der Waals surface area contributed by atoms with E-state index in [9.17, 15) is 4.79 Å². The molecular formula is C21H26N4O2. The van der Waals surface area contributed by atoms with Crippen molar-refractivity contribution in [3.05, 3.63) is 59.7 Å². The van der Waals surface area contributed by atoms with Gasteiger partial charge in [-0.1, -0.05) is 24.3 Å². The Morgan fingerprint density at radius 2 is 2.00 bits per heavy atom. The number of amides is 1. The molecule has 0 aliphatic carbocycles. The average Bonchev–Trinajstić information content (AvgIpc) is 2.68. The van der Waals surface area contributed by atoms with Gasteiger partial charge in [-0.3, -0.25) is 4.79 Å². The zero-order chi connectivity index (χ0) is 19.2. The van der Waals surface area contributed by atoms with E-state index in [-0.39, 0.29) is 18.1 Å². The number of benzene rings is 2. The first-order valence-corrected chi connectivity index (χ1v) is 9.28. The molecule has 1 heterocycles. The molecule has 5 N–H and O–H groups in total. The van der Waals surface area contributed by atoms with Gasteiger partial charge in [-0.05, 0) is 56.0 Å². The lowest BCUT2D eigenvalue weighted by Gasteiger charge is -2.22. The third kappa shape index (κ3) is 4.86. The van der Waals surface area contributed by atoms with E-state index >= 15 is 0 Å². The number of hydrogen-bond donors (Lipinski definition) is 3. The van der Waals surface area contributed by atoms with Crippen LogP contribution >= 0.6 is 0 Å². The summed E-state index contributed by atoms with van der Waals surface area (Å²) < 4.78 is 5.71. The predicted octanol–water partition coefficient (Wildman–Crippen LogP) is 3.06. The summed E-state index contributed by atoms with van der Waals surface area (Å²) in [6.07, 6.45) is 2.43. The van der Waals surface area contributed by atoms with Crippen LogP contribution < -0.4 is 21.5 Å². The average molecular weight is 366 g/mol. The van der Waals surface area contributed by atoms with Gasteiger partial charge in [0.2, 0.25) is 0 Å². The Labute approximate surface area is 159 Å². The number of carbonyl (C=O) groups excluding carboxylic acids is 1. The second-order valence-electron chi connectivity index (χ2n) is 6.75. The highest BCUT2D eigenvalue weighted by atomic mass is 16.5. The van der Waals surface area contributed by atoms with Crippen molar-refractivity contribution in [2.24, 2.45) is 16.5 Å². The summed E-state index contributed by atoms with van der Waals surface area (Å²) in [7, 11) is 0. The summed E-state index contributed by atoms with van der Waals surface area (Å²) in [5.74, 6) is 1.16. The first-order valence-electron chi connectivity index (χ1n) is 9.28. The lowest BCUT2D eigenvalue weighted by atomic mass is 10.0. The number of ether oxygens (including phenoxy) is 1. The third-order valence-corrected chi connectivity index (χ3v) is 4.64. The van der Waals surface area contributed by atoms with Crippen LogP contribution in [0.1, 0.15) is 48.1 Å². The molecule has 1 aliphatic rings. The summed E-state index contributed by atoms with van der Waals surface area (Å²) >= 11 is 0. The monoisotopic (exact) mass is 366 g/mol. The van der Waals surface area contributed by atoms with Gasteiger partial charge in [0.05, 0.1) is 0 Å². The zero-order valence-electron chi connectivity index (χ0n) is 15.5. The smallest absolute Gasteiger partial charge is 0.251 e. The highest BCUT2D eigenvalue weighted by Gasteiger charge is 2.19. The van der Waals surface area contributed by atoms with Crippen molar-refractivity contribution >= 4 is 17.4 Å². The second-order valence-corrected chi connectivity index (χ2v) is 6.75. The minimum absolute atomic E-state index is 0.0423. The molecule has 2 atom stereocenters. The molecule has 0 saturated carbocycles. The molecule has 142 valence electrons. The van der Waals surface area contributed by atoms with E-state index < -0.39 is 0 Å². The first-order chi connectivity index (χ1) is 13.0. The summed E-state index contributed by atoms with van der Waals surface area (Å²) in [5.41, 5.74) is 14.6. The number of rotatable bonds is 7. The topological polar surface area (TPSA) is 103 Å². The number of nitrogens with one attached hydrogen (secondary N) is 1. The Hall–Kier alpha value is -2.86. The second kappa shape index (κ2) is 8.68. The van der Waals surface area contributed by atoms with Crippen LogP contribution in [0.25, 0.3) is 0 Å². The molecule has 0 saturated heterocycles.